The first-order chi connectivity index (χ1) is 16.4. The number of sulfone groups is 1. The highest BCUT2D eigenvalue weighted by atomic mass is 32.2. The molecule has 0 radical (unpaired) electrons. The lowest BCUT2D eigenvalue weighted by Crippen LogP contribution is -2.45. The maximum Gasteiger partial charge on any atom is 0.411 e. The highest BCUT2D eigenvalue weighted by Crippen LogP contribution is 2.72. The van der Waals surface area contributed by atoms with Crippen LogP contribution in [0.1, 0.15) is 31.9 Å². The van der Waals surface area contributed by atoms with Crippen LogP contribution in [0.25, 0.3) is 0 Å². The normalized spacial score (nSPS) is 30.9. The number of methoxy groups -OCH3 is 1. The summed E-state index contributed by atoms with van der Waals surface area (Å²) in [6.07, 6.45) is -2.55. The summed E-state index contributed by atoms with van der Waals surface area (Å²) >= 11 is 0. The number of hydrogen-bond acceptors (Lipinski definition) is 7. The second-order valence-corrected chi connectivity index (χ2v) is 12.8. The molecule has 2 aromatic carbocycles. The molecule has 2 heterocycles. The van der Waals surface area contributed by atoms with E-state index < -0.39 is 56.5 Å². The average molecular weight is 502 g/mol. The first kappa shape index (κ1) is 24.1. The Bertz CT molecular complexity index is 1240. The zero-order valence-electron chi connectivity index (χ0n) is 20.5. The lowest BCUT2D eigenvalue weighted by atomic mass is 10.1. The van der Waals surface area contributed by atoms with Gasteiger partial charge in [-0.15, -0.1) is 0 Å². The number of nitrogens with zero attached hydrogens (tertiary/aromatic N) is 1. The summed E-state index contributed by atoms with van der Waals surface area (Å²) in [5.74, 6) is 0.0660. The summed E-state index contributed by atoms with van der Waals surface area (Å²) in [7, 11) is -2.37. The third-order valence-electron chi connectivity index (χ3n) is 7.30. The number of amides is 1. The standard InChI is InChI=1S/C26H31NO7S/c1-15-6-12-18(13-7-15)35(30,31)26-19-21(28)20(27(22(19)26)24(29)34-25(2,3)4)23(26)33-14-16-8-10-17(32-5)11-9-16/h6-13,19-23,28H,14H2,1-5H3. The van der Waals surface area contributed by atoms with Gasteiger partial charge in [-0.2, -0.15) is 0 Å². The number of hydrogen-bond donors (Lipinski definition) is 1. The molecule has 188 valence electrons. The average Bonchev–Trinajstić information content (AvgIpc) is 3.13. The van der Waals surface area contributed by atoms with E-state index in [1.165, 1.54) is 4.90 Å². The molecular formula is C26H31NO7S. The highest BCUT2D eigenvalue weighted by molar-refractivity contribution is 7.93. The van der Waals surface area contributed by atoms with Crippen molar-refractivity contribution in [3.8, 4) is 5.75 Å². The van der Waals surface area contributed by atoms with Crippen LogP contribution in [0.5, 0.6) is 5.75 Å². The van der Waals surface area contributed by atoms with Crippen LogP contribution in [0.4, 0.5) is 4.79 Å². The zero-order chi connectivity index (χ0) is 25.3. The summed E-state index contributed by atoms with van der Waals surface area (Å²) < 4.78 is 43.8. The lowest BCUT2D eigenvalue weighted by molar-refractivity contribution is -0.0179. The second kappa shape index (κ2) is 7.94. The number of piperidine rings is 2. The molecule has 2 aliphatic heterocycles. The second-order valence-electron chi connectivity index (χ2n) is 10.6. The van der Waals surface area contributed by atoms with Crippen LogP contribution in [-0.2, 0) is 25.9 Å². The molecule has 6 unspecified atom stereocenters. The fourth-order valence-corrected chi connectivity index (χ4v) is 8.40. The van der Waals surface area contributed by atoms with Crippen LogP contribution < -0.4 is 4.74 Å². The molecule has 4 aliphatic rings. The summed E-state index contributed by atoms with van der Waals surface area (Å²) in [4.78, 5) is 14.7. The van der Waals surface area contributed by atoms with Crippen LogP contribution in [0.15, 0.2) is 53.4 Å². The van der Waals surface area contributed by atoms with Crippen molar-refractivity contribution in [3.05, 3.63) is 59.7 Å². The van der Waals surface area contributed by atoms with E-state index in [9.17, 15) is 18.3 Å². The van der Waals surface area contributed by atoms with E-state index in [1.54, 1.807) is 64.3 Å². The summed E-state index contributed by atoms with van der Waals surface area (Å²) in [6.45, 7) is 7.27. The minimum atomic E-state index is -3.95. The quantitative estimate of drug-likeness (QED) is 0.649. The van der Waals surface area contributed by atoms with E-state index in [0.29, 0.717) is 5.75 Å². The van der Waals surface area contributed by atoms with Gasteiger partial charge in [-0.1, -0.05) is 29.8 Å². The molecule has 6 atom stereocenters. The first-order valence-corrected chi connectivity index (χ1v) is 13.2. The Morgan fingerprint density at radius 1 is 1.09 bits per heavy atom. The van der Waals surface area contributed by atoms with E-state index in [-0.39, 0.29) is 11.5 Å². The molecule has 0 aromatic heterocycles. The summed E-state index contributed by atoms with van der Waals surface area (Å²) in [5, 5.41) is 11.1. The molecule has 2 aromatic rings. The van der Waals surface area contributed by atoms with Gasteiger partial charge in [0.1, 0.15) is 22.2 Å². The van der Waals surface area contributed by atoms with Gasteiger partial charge in [-0.05, 0) is 57.5 Å². The molecule has 2 aliphatic carbocycles. The number of carbonyl (C=O) groups is 1. The van der Waals surface area contributed by atoms with Crippen molar-refractivity contribution in [2.24, 2.45) is 5.92 Å². The van der Waals surface area contributed by atoms with E-state index >= 15 is 0 Å². The molecule has 2 saturated heterocycles. The fourth-order valence-electron chi connectivity index (χ4n) is 5.85. The van der Waals surface area contributed by atoms with Crippen molar-refractivity contribution in [1.82, 2.24) is 4.90 Å². The maximum absolute atomic E-state index is 14.1. The summed E-state index contributed by atoms with van der Waals surface area (Å²) in [6, 6.07) is 12.4. The molecular weight excluding hydrogens is 470 g/mol. The zero-order valence-corrected chi connectivity index (χ0v) is 21.3. The fraction of sp³-hybridized carbons (Fsp3) is 0.500. The molecule has 4 bridgehead atoms. The minimum Gasteiger partial charge on any atom is -0.497 e. The number of aliphatic hydroxyl groups is 1. The number of aliphatic hydroxyl groups excluding tert-OH is 1. The number of ether oxygens (including phenoxy) is 3. The van der Waals surface area contributed by atoms with Gasteiger partial charge in [0.2, 0.25) is 0 Å². The molecule has 2 saturated carbocycles. The van der Waals surface area contributed by atoms with Gasteiger partial charge in [0, 0.05) is 5.92 Å². The topological polar surface area (TPSA) is 102 Å². The molecule has 4 fully saturated rings. The number of rotatable bonds is 6. The van der Waals surface area contributed by atoms with Crippen molar-refractivity contribution >= 4 is 15.9 Å². The smallest absolute Gasteiger partial charge is 0.411 e. The van der Waals surface area contributed by atoms with Crippen LogP contribution in [0, 0.1) is 12.8 Å². The van der Waals surface area contributed by atoms with Gasteiger partial charge in [0.15, 0.2) is 9.84 Å². The van der Waals surface area contributed by atoms with Gasteiger partial charge in [0.25, 0.3) is 0 Å². The lowest BCUT2D eigenvalue weighted by Gasteiger charge is -2.29. The Morgan fingerprint density at radius 2 is 1.71 bits per heavy atom. The number of benzene rings is 2. The Hall–Kier alpha value is -2.62. The Labute approximate surface area is 205 Å². The van der Waals surface area contributed by atoms with Crippen molar-refractivity contribution in [3.63, 3.8) is 0 Å². The molecule has 6 rings (SSSR count). The molecule has 0 spiro atoms. The van der Waals surface area contributed by atoms with Crippen molar-refractivity contribution < 1.29 is 32.5 Å². The van der Waals surface area contributed by atoms with E-state index in [1.807, 2.05) is 19.1 Å². The molecule has 1 N–H and O–H groups in total. The highest BCUT2D eigenvalue weighted by Gasteiger charge is 2.94. The Morgan fingerprint density at radius 3 is 2.29 bits per heavy atom. The van der Waals surface area contributed by atoms with E-state index in [0.717, 1.165) is 11.1 Å². The molecule has 9 heteroatoms. The van der Waals surface area contributed by atoms with Crippen LogP contribution >= 0.6 is 0 Å². The van der Waals surface area contributed by atoms with Gasteiger partial charge in [0.05, 0.1) is 36.8 Å². The van der Waals surface area contributed by atoms with Crippen molar-refractivity contribution in [2.75, 3.05) is 7.11 Å². The molecule has 35 heavy (non-hydrogen) atoms. The first-order valence-electron chi connectivity index (χ1n) is 11.7. The predicted octanol–water partition coefficient (Wildman–Crippen LogP) is 3.09. The number of aryl methyl sites for hydroxylation is 1. The van der Waals surface area contributed by atoms with Crippen LogP contribution in [0.3, 0.4) is 0 Å². The van der Waals surface area contributed by atoms with E-state index in [4.69, 9.17) is 14.2 Å². The summed E-state index contributed by atoms with van der Waals surface area (Å²) in [5.41, 5.74) is 1.00. The Balaban J connectivity index is 1.52. The number of carbonyl (C=O) groups excluding carboxylic acids is 1. The minimum absolute atomic E-state index is 0.130. The van der Waals surface area contributed by atoms with Gasteiger partial charge in [-0.25, -0.2) is 13.2 Å². The largest absolute Gasteiger partial charge is 0.497 e. The van der Waals surface area contributed by atoms with Gasteiger partial charge in [-0.3, -0.25) is 4.90 Å². The maximum atomic E-state index is 14.1. The molecule has 8 nitrogen and oxygen atoms in total. The van der Waals surface area contributed by atoms with E-state index in [2.05, 4.69) is 0 Å². The van der Waals surface area contributed by atoms with Gasteiger partial charge >= 0.3 is 6.09 Å². The monoisotopic (exact) mass is 501 g/mol. The van der Waals surface area contributed by atoms with Crippen LogP contribution in [0.2, 0.25) is 0 Å². The predicted molar refractivity (Wildman–Crippen MR) is 128 cm³/mol. The van der Waals surface area contributed by atoms with Crippen molar-refractivity contribution in [2.45, 2.75) is 73.8 Å². The Kier molecular flexibility index (Phi) is 5.47. The molecule has 1 amide bonds. The van der Waals surface area contributed by atoms with Crippen molar-refractivity contribution in [1.29, 1.82) is 0 Å². The van der Waals surface area contributed by atoms with Crippen LogP contribution in [-0.4, -0.2) is 66.3 Å². The SMILES string of the molecule is COc1ccc(COC2C3C(O)C4C(N3C(=O)OC(C)(C)C)C24S(=O)(=O)c2ccc(C)cc2)cc1. The third-order valence-corrected chi connectivity index (χ3v) is 9.87. The van der Waals surface area contributed by atoms with Gasteiger partial charge < -0.3 is 19.3 Å². The third kappa shape index (κ3) is 3.47.